The van der Waals surface area contributed by atoms with E-state index in [0.717, 1.165) is 50.5 Å². The van der Waals surface area contributed by atoms with E-state index in [2.05, 4.69) is 23.9 Å². The summed E-state index contributed by atoms with van der Waals surface area (Å²) in [5.74, 6) is 0.682. The summed E-state index contributed by atoms with van der Waals surface area (Å²) >= 11 is 0. The highest BCUT2D eigenvalue weighted by atomic mass is 32.2. The fourth-order valence-electron chi connectivity index (χ4n) is 3.02. The van der Waals surface area contributed by atoms with Crippen molar-refractivity contribution in [2.75, 3.05) is 0 Å². The van der Waals surface area contributed by atoms with Crippen molar-refractivity contribution in [3.63, 3.8) is 0 Å². The zero-order valence-electron chi connectivity index (χ0n) is 14.5. The van der Waals surface area contributed by atoms with Crippen molar-refractivity contribution in [3.8, 4) is 0 Å². The van der Waals surface area contributed by atoms with Gasteiger partial charge in [-0.3, -0.25) is 0 Å². The number of benzene rings is 1. The van der Waals surface area contributed by atoms with Crippen LogP contribution in [0.4, 0.5) is 4.79 Å². The maximum absolute atomic E-state index is 12.3. The van der Waals surface area contributed by atoms with E-state index in [9.17, 15) is 13.2 Å². The molecule has 6 heteroatoms. The molecule has 0 unspecified atom stereocenters. The molecule has 1 aliphatic rings. The molecule has 1 aromatic rings. The van der Waals surface area contributed by atoms with E-state index in [-0.39, 0.29) is 10.9 Å². The van der Waals surface area contributed by atoms with Crippen LogP contribution in [0.5, 0.6) is 0 Å². The number of unbranched alkanes of at least 4 members (excludes halogenated alkanes) is 1. The van der Waals surface area contributed by atoms with Gasteiger partial charge in [-0.2, -0.15) is 0 Å². The quantitative estimate of drug-likeness (QED) is 0.821. The minimum absolute atomic E-state index is 0.0628. The first-order valence-corrected chi connectivity index (χ1v) is 10.3. The van der Waals surface area contributed by atoms with Crippen molar-refractivity contribution in [1.82, 2.24) is 10.0 Å². The summed E-state index contributed by atoms with van der Waals surface area (Å²) in [5.41, 5.74) is 1.11. The number of amides is 2. The van der Waals surface area contributed by atoms with Crippen molar-refractivity contribution in [2.24, 2.45) is 5.92 Å². The number of aryl methyl sites for hydroxylation is 1. The topological polar surface area (TPSA) is 75.3 Å². The molecule has 2 rings (SSSR count). The third kappa shape index (κ3) is 5.51. The molecule has 0 bridgehead atoms. The van der Waals surface area contributed by atoms with Crippen LogP contribution >= 0.6 is 0 Å². The second-order valence-electron chi connectivity index (χ2n) is 6.78. The fourth-order valence-corrected chi connectivity index (χ4v) is 3.93. The summed E-state index contributed by atoms with van der Waals surface area (Å²) in [4.78, 5) is 12.1. The normalized spacial score (nSPS) is 21.2. The van der Waals surface area contributed by atoms with Gasteiger partial charge in [0, 0.05) is 6.04 Å². The van der Waals surface area contributed by atoms with Gasteiger partial charge in [-0.15, -0.1) is 0 Å². The Labute approximate surface area is 145 Å². The molecule has 1 aliphatic carbocycles. The smallest absolute Gasteiger partial charge is 0.328 e. The van der Waals surface area contributed by atoms with Crippen LogP contribution in [0.1, 0.15) is 57.9 Å². The van der Waals surface area contributed by atoms with Gasteiger partial charge >= 0.3 is 6.03 Å². The summed E-state index contributed by atoms with van der Waals surface area (Å²) in [5, 5.41) is 2.78. The molecule has 0 aliphatic heterocycles. The Hall–Kier alpha value is -1.56. The second kappa shape index (κ2) is 8.51. The van der Waals surface area contributed by atoms with Crippen LogP contribution in [0.3, 0.4) is 0 Å². The van der Waals surface area contributed by atoms with Crippen molar-refractivity contribution in [3.05, 3.63) is 29.8 Å². The summed E-state index contributed by atoms with van der Waals surface area (Å²) in [7, 11) is -3.82. The van der Waals surface area contributed by atoms with E-state index >= 15 is 0 Å². The van der Waals surface area contributed by atoms with E-state index in [1.807, 2.05) is 12.1 Å². The zero-order chi connectivity index (χ0) is 17.6. The number of nitrogens with one attached hydrogen (secondary N) is 2. The summed E-state index contributed by atoms with van der Waals surface area (Å²) in [6, 6.07) is 6.17. The average Bonchev–Trinajstić information content (AvgIpc) is 2.55. The van der Waals surface area contributed by atoms with Gasteiger partial charge in [0.05, 0.1) is 4.90 Å². The Morgan fingerprint density at radius 2 is 1.75 bits per heavy atom. The van der Waals surface area contributed by atoms with Crippen molar-refractivity contribution >= 4 is 16.1 Å². The van der Waals surface area contributed by atoms with Crippen LogP contribution in [-0.2, 0) is 16.4 Å². The Morgan fingerprint density at radius 3 is 2.33 bits per heavy atom. The average molecular weight is 353 g/mol. The van der Waals surface area contributed by atoms with Gasteiger partial charge in [0.2, 0.25) is 0 Å². The minimum atomic E-state index is -3.82. The number of sulfonamides is 1. The summed E-state index contributed by atoms with van der Waals surface area (Å²) < 4.78 is 26.7. The number of urea groups is 1. The highest BCUT2D eigenvalue weighted by Crippen LogP contribution is 2.23. The molecule has 24 heavy (non-hydrogen) atoms. The molecular weight excluding hydrogens is 324 g/mol. The lowest BCUT2D eigenvalue weighted by molar-refractivity contribution is 0.233. The molecule has 1 fully saturated rings. The Bertz CT molecular complexity index is 633. The number of hydrogen-bond donors (Lipinski definition) is 2. The third-order valence-corrected chi connectivity index (χ3v) is 5.98. The van der Waals surface area contributed by atoms with Gasteiger partial charge in [-0.05, 0) is 62.1 Å². The van der Waals surface area contributed by atoms with Crippen LogP contribution in [-0.4, -0.2) is 20.5 Å². The first-order valence-electron chi connectivity index (χ1n) is 8.83. The van der Waals surface area contributed by atoms with E-state index < -0.39 is 16.1 Å². The Morgan fingerprint density at radius 1 is 1.12 bits per heavy atom. The SMILES string of the molecule is CCCCc1ccc(S(=O)(=O)NC(=O)NC2CCC(C)CC2)cc1. The van der Waals surface area contributed by atoms with Gasteiger partial charge in [0.25, 0.3) is 10.0 Å². The molecule has 2 amide bonds. The lowest BCUT2D eigenvalue weighted by atomic mass is 9.87. The Balaban J connectivity index is 1.91. The van der Waals surface area contributed by atoms with Crippen LogP contribution in [0, 0.1) is 5.92 Å². The molecule has 0 radical (unpaired) electrons. The lowest BCUT2D eigenvalue weighted by Crippen LogP contribution is -2.45. The van der Waals surface area contributed by atoms with Crippen LogP contribution in [0.15, 0.2) is 29.2 Å². The first kappa shape index (κ1) is 18.8. The number of hydrogen-bond acceptors (Lipinski definition) is 3. The number of carbonyl (C=O) groups excluding carboxylic acids is 1. The molecule has 0 atom stereocenters. The molecule has 5 nitrogen and oxygen atoms in total. The van der Waals surface area contributed by atoms with Gasteiger partial charge in [0.15, 0.2) is 0 Å². The van der Waals surface area contributed by atoms with Gasteiger partial charge in [0.1, 0.15) is 0 Å². The maximum Gasteiger partial charge on any atom is 0.328 e. The van der Waals surface area contributed by atoms with Crippen LogP contribution in [0.25, 0.3) is 0 Å². The van der Waals surface area contributed by atoms with Crippen LogP contribution in [0.2, 0.25) is 0 Å². The highest BCUT2D eigenvalue weighted by Gasteiger charge is 2.22. The molecule has 2 N–H and O–H groups in total. The molecule has 134 valence electrons. The second-order valence-corrected chi connectivity index (χ2v) is 8.47. The van der Waals surface area contributed by atoms with E-state index in [1.54, 1.807) is 12.1 Å². The fraction of sp³-hybridized carbons (Fsp3) is 0.611. The molecule has 0 saturated heterocycles. The predicted molar refractivity (Wildman–Crippen MR) is 95.3 cm³/mol. The largest absolute Gasteiger partial charge is 0.335 e. The van der Waals surface area contributed by atoms with Crippen molar-refractivity contribution < 1.29 is 13.2 Å². The minimum Gasteiger partial charge on any atom is -0.335 e. The molecule has 0 heterocycles. The first-order chi connectivity index (χ1) is 11.4. The van der Waals surface area contributed by atoms with Gasteiger partial charge in [-0.25, -0.2) is 17.9 Å². The third-order valence-electron chi connectivity index (χ3n) is 4.63. The van der Waals surface area contributed by atoms with Gasteiger partial charge < -0.3 is 5.32 Å². The van der Waals surface area contributed by atoms with E-state index in [0.29, 0.717) is 5.92 Å². The number of carbonyl (C=O) groups is 1. The standard InChI is InChI=1S/C18H28N2O3S/c1-3-4-5-15-8-12-17(13-9-15)24(22,23)20-18(21)19-16-10-6-14(2)7-11-16/h8-9,12-14,16H,3-7,10-11H2,1-2H3,(H2,19,20,21). The Kier molecular flexibility index (Phi) is 6.66. The molecule has 0 aromatic heterocycles. The highest BCUT2D eigenvalue weighted by molar-refractivity contribution is 7.90. The molecule has 1 saturated carbocycles. The molecule has 1 aromatic carbocycles. The van der Waals surface area contributed by atoms with E-state index in [4.69, 9.17) is 0 Å². The number of rotatable bonds is 6. The van der Waals surface area contributed by atoms with Crippen molar-refractivity contribution in [1.29, 1.82) is 0 Å². The van der Waals surface area contributed by atoms with E-state index in [1.165, 1.54) is 0 Å². The van der Waals surface area contributed by atoms with Crippen molar-refractivity contribution in [2.45, 2.75) is 69.7 Å². The predicted octanol–water partition coefficient (Wildman–Crippen LogP) is 3.60. The lowest BCUT2D eigenvalue weighted by Gasteiger charge is -2.26. The van der Waals surface area contributed by atoms with Crippen LogP contribution < -0.4 is 10.0 Å². The molecule has 0 spiro atoms. The maximum atomic E-state index is 12.3. The summed E-state index contributed by atoms with van der Waals surface area (Å²) in [6.07, 6.45) is 7.05. The molecular formula is C18H28N2O3S. The zero-order valence-corrected chi connectivity index (χ0v) is 15.4. The summed E-state index contributed by atoms with van der Waals surface area (Å²) in [6.45, 7) is 4.32. The monoisotopic (exact) mass is 352 g/mol. The van der Waals surface area contributed by atoms with Gasteiger partial charge in [-0.1, -0.05) is 32.4 Å².